The van der Waals surface area contributed by atoms with Gasteiger partial charge in [-0.25, -0.2) is 0 Å². The number of hydrogen-bond acceptors (Lipinski definition) is 3. The van der Waals surface area contributed by atoms with Gasteiger partial charge in [0, 0.05) is 18.7 Å². The highest BCUT2D eigenvalue weighted by molar-refractivity contribution is 9.10. The summed E-state index contributed by atoms with van der Waals surface area (Å²) in [4.78, 5) is 2.10. The van der Waals surface area contributed by atoms with E-state index in [9.17, 15) is 0 Å². The van der Waals surface area contributed by atoms with Gasteiger partial charge in [-0.1, -0.05) is 0 Å². The van der Waals surface area contributed by atoms with Gasteiger partial charge in [0.25, 0.3) is 0 Å². The first-order chi connectivity index (χ1) is 7.08. The second kappa shape index (κ2) is 9.00. The molecule has 6 heteroatoms. The first-order valence-corrected chi connectivity index (χ1v) is 5.58. The Morgan fingerprint density at radius 1 is 1.29 bits per heavy atom. The first-order valence-electron chi connectivity index (χ1n) is 4.78. The summed E-state index contributed by atoms with van der Waals surface area (Å²) < 4.78 is 6.32. The van der Waals surface area contributed by atoms with Crippen molar-refractivity contribution in [3.05, 3.63) is 27.7 Å². The molecule has 1 aromatic carbocycles. The fourth-order valence-electron chi connectivity index (χ4n) is 1.52. The Bertz CT molecular complexity index is 348. The van der Waals surface area contributed by atoms with Crippen LogP contribution in [-0.2, 0) is 13.1 Å². The molecule has 0 saturated heterocycles. The van der Waals surface area contributed by atoms with E-state index in [1.54, 1.807) is 7.11 Å². The topological polar surface area (TPSA) is 38.5 Å². The summed E-state index contributed by atoms with van der Waals surface area (Å²) in [6, 6.07) is 4.08. The minimum atomic E-state index is 0. The molecule has 3 nitrogen and oxygen atoms in total. The average molecular weight is 346 g/mol. The SMILES string of the molecule is COc1c(Br)cc(CN)cc1CN(C)C.Cl.Cl. The van der Waals surface area contributed by atoms with E-state index in [4.69, 9.17) is 10.5 Å². The lowest BCUT2D eigenvalue weighted by Gasteiger charge is -2.16. The molecule has 17 heavy (non-hydrogen) atoms. The van der Waals surface area contributed by atoms with E-state index in [1.807, 2.05) is 20.2 Å². The third-order valence-corrected chi connectivity index (χ3v) is 2.70. The molecule has 0 aliphatic rings. The molecule has 1 aromatic rings. The van der Waals surface area contributed by atoms with Crippen molar-refractivity contribution in [1.82, 2.24) is 4.90 Å². The standard InChI is InChI=1S/C11H17BrN2O.2ClH/c1-14(2)7-9-4-8(6-13)5-10(12)11(9)15-3;;/h4-5H,6-7,13H2,1-3H3;2*1H. The summed E-state index contributed by atoms with van der Waals surface area (Å²) in [5.41, 5.74) is 7.90. The zero-order chi connectivity index (χ0) is 11.4. The molecular weight excluding hydrogens is 327 g/mol. The molecule has 0 unspecified atom stereocenters. The number of rotatable bonds is 4. The molecule has 0 spiro atoms. The van der Waals surface area contributed by atoms with Crippen molar-refractivity contribution < 1.29 is 4.74 Å². The van der Waals surface area contributed by atoms with Crippen LogP contribution in [-0.4, -0.2) is 26.1 Å². The molecular formula is C11H19BrCl2N2O. The first kappa shape index (κ1) is 19.3. The third kappa shape index (κ3) is 5.44. The molecule has 0 saturated carbocycles. The minimum Gasteiger partial charge on any atom is -0.495 e. The second-order valence-electron chi connectivity index (χ2n) is 3.71. The van der Waals surface area contributed by atoms with Crippen LogP contribution in [0.2, 0.25) is 0 Å². The van der Waals surface area contributed by atoms with Crippen LogP contribution < -0.4 is 10.5 Å². The third-order valence-electron chi connectivity index (χ3n) is 2.11. The van der Waals surface area contributed by atoms with E-state index < -0.39 is 0 Å². The summed E-state index contributed by atoms with van der Waals surface area (Å²) >= 11 is 3.49. The predicted octanol–water partition coefficient (Wildman–Crippen LogP) is 2.82. The normalized spacial score (nSPS) is 9.53. The zero-order valence-corrected chi connectivity index (χ0v) is 13.4. The van der Waals surface area contributed by atoms with E-state index >= 15 is 0 Å². The number of nitrogens with two attached hydrogens (primary N) is 1. The van der Waals surface area contributed by atoms with Crippen molar-refractivity contribution in [2.24, 2.45) is 5.73 Å². The van der Waals surface area contributed by atoms with Crippen LogP contribution >= 0.6 is 40.7 Å². The quantitative estimate of drug-likeness (QED) is 0.911. The van der Waals surface area contributed by atoms with Gasteiger partial charge in [0.2, 0.25) is 0 Å². The van der Waals surface area contributed by atoms with Gasteiger partial charge in [-0.05, 0) is 47.7 Å². The Hall–Kier alpha value is -0.000000000000000111. The molecule has 0 aliphatic heterocycles. The van der Waals surface area contributed by atoms with Gasteiger partial charge in [-0.3, -0.25) is 0 Å². The molecule has 0 fully saturated rings. The Balaban J connectivity index is 0. The lowest BCUT2D eigenvalue weighted by atomic mass is 10.1. The maximum absolute atomic E-state index is 5.63. The maximum Gasteiger partial charge on any atom is 0.137 e. The smallest absolute Gasteiger partial charge is 0.137 e. The molecule has 100 valence electrons. The largest absolute Gasteiger partial charge is 0.495 e. The minimum absolute atomic E-state index is 0. The molecule has 0 atom stereocenters. The van der Waals surface area contributed by atoms with Gasteiger partial charge < -0.3 is 15.4 Å². The van der Waals surface area contributed by atoms with Crippen molar-refractivity contribution in [3.63, 3.8) is 0 Å². The van der Waals surface area contributed by atoms with Crippen molar-refractivity contribution in [3.8, 4) is 5.75 Å². The summed E-state index contributed by atoms with van der Waals surface area (Å²) in [6.07, 6.45) is 0. The van der Waals surface area contributed by atoms with Crippen molar-refractivity contribution in [2.45, 2.75) is 13.1 Å². The number of ether oxygens (including phenoxy) is 1. The molecule has 1 rings (SSSR count). The number of hydrogen-bond donors (Lipinski definition) is 1. The Morgan fingerprint density at radius 3 is 2.29 bits per heavy atom. The van der Waals surface area contributed by atoms with E-state index in [0.29, 0.717) is 6.54 Å². The van der Waals surface area contributed by atoms with Crippen molar-refractivity contribution in [2.75, 3.05) is 21.2 Å². The number of benzene rings is 1. The molecule has 0 amide bonds. The Labute approximate surface area is 124 Å². The van der Waals surface area contributed by atoms with Crippen molar-refractivity contribution >= 4 is 40.7 Å². The number of methoxy groups -OCH3 is 1. The fourth-order valence-corrected chi connectivity index (χ4v) is 2.23. The van der Waals surface area contributed by atoms with Gasteiger partial charge in [0.15, 0.2) is 0 Å². The van der Waals surface area contributed by atoms with E-state index in [-0.39, 0.29) is 24.8 Å². The van der Waals surface area contributed by atoms with Crippen LogP contribution in [0.3, 0.4) is 0 Å². The summed E-state index contributed by atoms with van der Waals surface area (Å²) in [6.45, 7) is 1.39. The van der Waals surface area contributed by atoms with Gasteiger partial charge in [-0.15, -0.1) is 24.8 Å². The summed E-state index contributed by atoms with van der Waals surface area (Å²) in [7, 11) is 5.74. The predicted molar refractivity (Wildman–Crippen MR) is 80.5 cm³/mol. The molecule has 0 aliphatic carbocycles. The van der Waals surface area contributed by atoms with Crippen LogP contribution in [0.4, 0.5) is 0 Å². The molecule has 2 N–H and O–H groups in total. The van der Waals surface area contributed by atoms with Gasteiger partial charge in [0.05, 0.1) is 11.6 Å². The molecule has 0 aromatic heterocycles. The van der Waals surface area contributed by atoms with E-state index in [0.717, 1.165) is 27.9 Å². The van der Waals surface area contributed by atoms with Crippen molar-refractivity contribution in [1.29, 1.82) is 0 Å². The van der Waals surface area contributed by atoms with Crippen LogP contribution in [0.5, 0.6) is 5.75 Å². The highest BCUT2D eigenvalue weighted by Gasteiger charge is 2.10. The molecule has 0 radical (unpaired) electrons. The highest BCUT2D eigenvalue weighted by Crippen LogP contribution is 2.31. The Kier molecular flexibility index (Phi) is 10.2. The lowest BCUT2D eigenvalue weighted by molar-refractivity contribution is 0.370. The molecule has 0 heterocycles. The van der Waals surface area contributed by atoms with Gasteiger partial charge in [-0.2, -0.15) is 0 Å². The summed E-state index contributed by atoms with van der Waals surface area (Å²) in [5.74, 6) is 0.890. The van der Waals surface area contributed by atoms with Gasteiger partial charge in [0.1, 0.15) is 5.75 Å². The lowest BCUT2D eigenvalue weighted by Crippen LogP contribution is -2.12. The van der Waals surface area contributed by atoms with Gasteiger partial charge >= 0.3 is 0 Å². The van der Waals surface area contributed by atoms with Crippen LogP contribution in [0.1, 0.15) is 11.1 Å². The molecule has 0 bridgehead atoms. The number of halogens is 3. The van der Waals surface area contributed by atoms with Crippen LogP contribution in [0.15, 0.2) is 16.6 Å². The van der Waals surface area contributed by atoms with E-state index in [1.165, 1.54) is 0 Å². The average Bonchev–Trinajstić information content (AvgIpc) is 2.16. The fraction of sp³-hybridized carbons (Fsp3) is 0.455. The van der Waals surface area contributed by atoms with Crippen LogP contribution in [0, 0.1) is 0 Å². The maximum atomic E-state index is 5.63. The monoisotopic (exact) mass is 344 g/mol. The second-order valence-corrected chi connectivity index (χ2v) is 4.57. The highest BCUT2D eigenvalue weighted by atomic mass is 79.9. The van der Waals surface area contributed by atoms with Crippen LogP contribution in [0.25, 0.3) is 0 Å². The Morgan fingerprint density at radius 2 is 1.88 bits per heavy atom. The summed E-state index contributed by atoms with van der Waals surface area (Å²) in [5, 5.41) is 0. The zero-order valence-electron chi connectivity index (χ0n) is 10.2. The van der Waals surface area contributed by atoms with E-state index in [2.05, 4.69) is 26.9 Å². The number of nitrogens with zero attached hydrogens (tertiary/aromatic N) is 1.